The fourth-order valence-electron chi connectivity index (χ4n) is 2.05. The molecule has 132 valence electrons. The van der Waals surface area contributed by atoms with Gasteiger partial charge >= 0.3 is 6.09 Å². The van der Waals surface area contributed by atoms with Crippen molar-refractivity contribution in [3.63, 3.8) is 0 Å². The van der Waals surface area contributed by atoms with Crippen molar-refractivity contribution in [1.29, 1.82) is 0 Å². The largest absolute Gasteiger partial charge is 0.447 e. The van der Waals surface area contributed by atoms with Gasteiger partial charge in [-0.2, -0.15) is 0 Å². The van der Waals surface area contributed by atoms with E-state index < -0.39 is 6.09 Å². The molecule has 0 radical (unpaired) electrons. The van der Waals surface area contributed by atoms with Gasteiger partial charge in [0.05, 0.1) is 11.8 Å². The number of anilines is 2. The van der Waals surface area contributed by atoms with E-state index in [4.69, 9.17) is 17.0 Å². The Morgan fingerprint density at radius 2 is 1.84 bits per heavy atom. The molecule has 3 N–H and O–H groups in total. The lowest BCUT2D eigenvalue weighted by molar-refractivity contribution is -0.114. The summed E-state index contributed by atoms with van der Waals surface area (Å²) >= 11 is 6.56. The van der Waals surface area contributed by atoms with Crippen LogP contribution in [0.3, 0.4) is 0 Å². The highest BCUT2D eigenvalue weighted by molar-refractivity contribution is 7.80. The van der Waals surface area contributed by atoms with Gasteiger partial charge in [-0.1, -0.05) is 30.3 Å². The molecule has 6 nitrogen and oxygen atoms in total. The molecule has 2 amide bonds. The van der Waals surface area contributed by atoms with Crippen LogP contribution in [0.1, 0.15) is 20.8 Å². The summed E-state index contributed by atoms with van der Waals surface area (Å²) in [6.07, 6.45) is -0.885. The molecule has 0 atom stereocenters. The molecule has 25 heavy (non-hydrogen) atoms. The van der Waals surface area contributed by atoms with Crippen LogP contribution in [0, 0.1) is 0 Å². The van der Waals surface area contributed by atoms with Crippen LogP contribution < -0.4 is 16.0 Å². The van der Waals surface area contributed by atoms with Crippen LogP contribution in [0.15, 0.2) is 35.7 Å². The first-order chi connectivity index (χ1) is 11.9. The second-order valence-electron chi connectivity index (χ2n) is 5.43. The number of nitrogens with one attached hydrogen (secondary N) is 3. The van der Waals surface area contributed by atoms with Crippen LogP contribution in [-0.4, -0.2) is 23.2 Å². The molecule has 2 aromatic rings. The average molecular weight is 377 g/mol. The Morgan fingerprint density at radius 3 is 2.44 bits per heavy atom. The van der Waals surface area contributed by atoms with Gasteiger partial charge in [-0.25, -0.2) is 4.79 Å². The van der Waals surface area contributed by atoms with Crippen LogP contribution in [0.4, 0.5) is 15.5 Å². The molecule has 0 aliphatic heterocycles. The Morgan fingerprint density at radius 1 is 1.16 bits per heavy atom. The molecule has 0 saturated carbocycles. The Balaban J connectivity index is 2.24. The maximum absolute atomic E-state index is 11.7. The third-order valence-electron chi connectivity index (χ3n) is 2.96. The number of alkyl carbamates (subject to hydrolysis) is 1. The van der Waals surface area contributed by atoms with Gasteiger partial charge in [0.1, 0.15) is 5.00 Å². The Labute approximate surface area is 155 Å². The van der Waals surface area contributed by atoms with Crippen LogP contribution >= 0.6 is 23.6 Å². The van der Waals surface area contributed by atoms with E-state index in [1.807, 2.05) is 35.7 Å². The number of rotatable bonds is 4. The molecular weight excluding hydrogens is 358 g/mol. The summed E-state index contributed by atoms with van der Waals surface area (Å²) in [5.74, 6) is -0.192. The van der Waals surface area contributed by atoms with Crippen LogP contribution in [-0.2, 0) is 9.53 Å². The van der Waals surface area contributed by atoms with E-state index in [1.165, 1.54) is 18.3 Å². The highest BCUT2D eigenvalue weighted by Crippen LogP contribution is 2.40. The third kappa shape index (κ3) is 5.54. The number of hydrogen-bond donors (Lipinski definition) is 3. The van der Waals surface area contributed by atoms with Gasteiger partial charge in [0.2, 0.25) is 5.91 Å². The summed E-state index contributed by atoms with van der Waals surface area (Å²) in [7, 11) is 0. The van der Waals surface area contributed by atoms with Crippen LogP contribution in [0.2, 0.25) is 0 Å². The number of hydrogen-bond acceptors (Lipinski definition) is 5. The smallest absolute Gasteiger partial charge is 0.413 e. The van der Waals surface area contributed by atoms with E-state index in [1.54, 1.807) is 13.8 Å². The molecule has 0 saturated heterocycles. The van der Waals surface area contributed by atoms with Crippen LogP contribution in [0.25, 0.3) is 11.1 Å². The summed E-state index contributed by atoms with van der Waals surface area (Å²) < 4.78 is 5.01. The Bertz CT molecular complexity index is 773. The van der Waals surface area contributed by atoms with E-state index in [2.05, 4.69) is 16.0 Å². The van der Waals surface area contributed by atoms with Gasteiger partial charge in [-0.15, -0.1) is 11.3 Å². The molecule has 0 fully saturated rings. The Hall–Kier alpha value is -2.45. The number of thiocarbonyl (C=S) groups is 1. The minimum Gasteiger partial charge on any atom is -0.447 e. The van der Waals surface area contributed by atoms with E-state index in [-0.39, 0.29) is 17.1 Å². The lowest BCUT2D eigenvalue weighted by Gasteiger charge is -2.14. The quantitative estimate of drug-likeness (QED) is 0.696. The van der Waals surface area contributed by atoms with E-state index in [0.29, 0.717) is 10.7 Å². The molecule has 2 rings (SSSR count). The average Bonchev–Trinajstić information content (AvgIpc) is 2.89. The maximum atomic E-state index is 11.7. The molecule has 0 spiro atoms. The van der Waals surface area contributed by atoms with E-state index in [9.17, 15) is 9.59 Å². The predicted octanol–water partition coefficient (Wildman–Crippen LogP) is 4.20. The molecule has 1 aromatic carbocycles. The molecule has 1 heterocycles. The first-order valence-electron chi connectivity index (χ1n) is 7.60. The molecule has 8 heteroatoms. The van der Waals surface area contributed by atoms with Crippen molar-refractivity contribution in [3.05, 3.63) is 35.7 Å². The molecule has 0 unspecified atom stereocenters. The second-order valence-corrected chi connectivity index (χ2v) is 6.72. The van der Waals surface area contributed by atoms with Gasteiger partial charge in [0.25, 0.3) is 0 Å². The first-order valence-corrected chi connectivity index (χ1v) is 8.88. The van der Waals surface area contributed by atoms with Crippen molar-refractivity contribution in [2.75, 3.05) is 10.6 Å². The van der Waals surface area contributed by atoms with Gasteiger partial charge < -0.3 is 15.4 Å². The zero-order valence-electron chi connectivity index (χ0n) is 14.1. The highest BCUT2D eigenvalue weighted by Gasteiger charge is 2.17. The third-order valence-corrected chi connectivity index (χ3v) is 4.06. The number of amides is 2. The van der Waals surface area contributed by atoms with Gasteiger partial charge in [0, 0.05) is 17.9 Å². The standard InChI is InChI=1S/C17H19N3O3S2/c1-10(2)23-17(22)20-16(24)19-14-13(12-7-5-4-6-8-12)9-25-15(14)18-11(3)21/h4-10H,1-3H3,(H,18,21)(H2,19,20,22,24). The first kappa shape index (κ1) is 18.9. The normalized spacial score (nSPS) is 10.2. The van der Waals surface area contributed by atoms with Gasteiger partial charge in [-0.3, -0.25) is 10.1 Å². The zero-order valence-corrected chi connectivity index (χ0v) is 15.7. The molecular formula is C17H19N3O3S2. The summed E-state index contributed by atoms with van der Waals surface area (Å²) in [6, 6.07) is 9.67. The van der Waals surface area contributed by atoms with Crippen molar-refractivity contribution < 1.29 is 14.3 Å². The van der Waals surface area contributed by atoms with E-state index in [0.717, 1.165) is 11.1 Å². The molecule has 1 aromatic heterocycles. The second kappa shape index (κ2) is 8.59. The van der Waals surface area contributed by atoms with Crippen molar-refractivity contribution in [2.24, 2.45) is 0 Å². The number of carbonyl (C=O) groups excluding carboxylic acids is 2. The molecule has 0 aliphatic rings. The van der Waals surface area contributed by atoms with Crippen molar-refractivity contribution in [1.82, 2.24) is 5.32 Å². The molecule has 0 bridgehead atoms. The topological polar surface area (TPSA) is 79.5 Å². The SMILES string of the molecule is CC(=O)Nc1scc(-c2ccccc2)c1NC(=S)NC(=O)OC(C)C. The predicted molar refractivity (Wildman–Crippen MR) is 105 cm³/mol. The minimum atomic E-state index is -0.634. The monoisotopic (exact) mass is 377 g/mol. The minimum absolute atomic E-state index is 0.0906. The zero-order chi connectivity index (χ0) is 18.4. The fraction of sp³-hybridized carbons (Fsp3) is 0.235. The summed E-state index contributed by atoms with van der Waals surface area (Å²) in [5, 5.41) is 10.8. The number of ether oxygens (including phenoxy) is 1. The number of thiophene rings is 1. The van der Waals surface area contributed by atoms with Gasteiger partial charge in [0.15, 0.2) is 5.11 Å². The van der Waals surface area contributed by atoms with Crippen LogP contribution in [0.5, 0.6) is 0 Å². The van der Waals surface area contributed by atoms with Crippen molar-refractivity contribution >= 4 is 51.4 Å². The lowest BCUT2D eigenvalue weighted by atomic mass is 10.1. The maximum Gasteiger partial charge on any atom is 0.413 e. The van der Waals surface area contributed by atoms with Gasteiger partial charge in [-0.05, 0) is 31.6 Å². The molecule has 0 aliphatic carbocycles. The summed E-state index contributed by atoms with van der Waals surface area (Å²) in [6.45, 7) is 4.93. The number of benzene rings is 1. The summed E-state index contributed by atoms with van der Waals surface area (Å²) in [5.41, 5.74) is 2.46. The Kier molecular flexibility index (Phi) is 6.49. The lowest BCUT2D eigenvalue weighted by Crippen LogP contribution is -2.35. The number of carbonyl (C=O) groups is 2. The highest BCUT2D eigenvalue weighted by atomic mass is 32.1. The van der Waals surface area contributed by atoms with Crippen molar-refractivity contribution in [2.45, 2.75) is 26.9 Å². The fourth-order valence-corrected chi connectivity index (χ4v) is 3.20. The summed E-state index contributed by atoms with van der Waals surface area (Å²) in [4.78, 5) is 23.1. The van der Waals surface area contributed by atoms with Crippen molar-refractivity contribution in [3.8, 4) is 11.1 Å². The van der Waals surface area contributed by atoms with E-state index >= 15 is 0 Å².